The van der Waals surface area contributed by atoms with Crippen molar-refractivity contribution in [2.24, 2.45) is 0 Å². The highest BCUT2D eigenvalue weighted by molar-refractivity contribution is 6.37. The molecule has 0 atom stereocenters. The van der Waals surface area contributed by atoms with E-state index in [1.807, 2.05) is 0 Å². The van der Waals surface area contributed by atoms with Crippen molar-refractivity contribution in [1.29, 1.82) is 0 Å². The minimum Gasteiger partial charge on any atom is -0.482 e. The number of rotatable bonds is 5. The molecule has 0 bridgehead atoms. The average molecular weight is 316 g/mol. The van der Waals surface area contributed by atoms with Crippen LogP contribution in [0.1, 0.15) is 10.6 Å². The normalized spacial score (nSPS) is 10.3. The molecule has 0 fully saturated rings. The molecule has 2 rings (SSSR count). The molecule has 104 valence electrons. The van der Waals surface area contributed by atoms with Gasteiger partial charge in [0.05, 0.1) is 21.2 Å². The van der Waals surface area contributed by atoms with E-state index in [9.17, 15) is 14.9 Å². The molecule has 20 heavy (non-hydrogen) atoms. The first-order valence-corrected chi connectivity index (χ1v) is 6.07. The Morgan fingerprint density at radius 2 is 2.00 bits per heavy atom. The summed E-state index contributed by atoms with van der Waals surface area (Å²) in [5.74, 6) is -0.251. The van der Waals surface area contributed by atoms with Crippen LogP contribution in [0, 0.1) is 10.1 Å². The van der Waals surface area contributed by atoms with Crippen molar-refractivity contribution in [3.8, 4) is 5.75 Å². The zero-order valence-corrected chi connectivity index (χ0v) is 11.4. The number of nitro groups is 1. The van der Waals surface area contributed by atoms with Gasteiger partial charge in [0, 0.05) is 12.1 Å². The van der Waals surface area contributed by atoms with Crippen LogP contribution in [0.3, 0.4) is 0 Å². The van der Waals surface area contributed by atoms with E-state index in [1.165, 1.54) is 12.3 Å². The standard InChI is InChI=1S/C12H7Cl2NO5/c13-8-4-7(15(17)18)5-9(14)12(8)20-6-10(16)11-2-1-3-19-11/h1-5H,6H2. The number of ketones is 1. The Bertz CT molecular complexity index is 631. The molecular weight excluding hydrogens is 309 g/mol. The van der Waals surface area contributed by atoms with Gasteiger partial charge in [-0.05, 0) is 12.1 Å². The summed E-state index contributed by atoms with van der Waals surface area (Å²) in [5, 5.41) is 10.5. The lowest BCUT2D eigenvalue weighted by Gasteiger charge is -2.08. The topological polar surface area (TPSA) is 82.6 Å². The van der Waals surface area contributed by atoms with E-state index in [1.54, 1.807) is 6.07 Å². The van der Waals surface area contributed by atoms with E-state index >= 15 is 0 Å². The predicted octanol–water partition coefficient (Wildman–Crippen LogP) is 3.76. The number of benzene rings is 1. The second-order valence-electron chi connectivity index (χ2n) is 3.68. The number of hydrogen-bond donors (Lipinski definition) is 0. The number of carbonyl (C=O) groups excluding carboxylic acids is 1. The van der Waals surface area contributed by atoms with Crippen molar-refractivity contribution < 1.29 is 18.9 Å². The average Bonchev–Trinajstić information content (AvgIpc) is 2.91. The van der Waals surface area contributed by atoms with Crippen molar-refractivity contribution in [2.75, 3.05) is 6.61 Å². The fraction of sp³-hybridized carbons (Fsp3) is 0.0833. The number of nitro benzene ring substituents is 1. The summed E-state index contributed by atoms with van der Waals surface area (Å²) >= 11 is 11.7. The van der Waals surface area contributed by atoms with Gasteiger partial charge in [-0.1, -0.05) is 23.2 Å². The molecule has 2 aromatic rings. The van der Waals surface area contributed by atoms with Crippen LogP contribution >= 0.6 is 23.2 Å². The number of carbonyl (C=O) groups is 1. The summed E-state index contributed by atoms with van der Waals surface area (Å²) in [5.41, 5.74) is -0.260. The van der Waals surface area contributed by atoms with Crippen molar-refractivity contribution >= 4 is 34.7 Å². The van der Waals surface area contributed by atoms with Crippen molar-refractivity contribution in [3.05, 3.63) is 56.4 Å². The van der Waals surface area contributed by atoms with Gasteiger partial charge < -0.3 is 9.15 Å². The van der Waals surface area contributed by atoms with Crippen molar-refractivity contribution in [3.63, 3.8) is 0 Å². The Labute approximate surface area is 123 Å². The SMILES string of the molecule is O=C(COc1c(Cl)cc([N+](=O)[O-])cc1Cl)c1ccco1. The maximum absolute atomic E-state index is 11.7. The molecule has 0 unspecified atom stereocenters. The third-order valence-electron chi connectivity index (χ3n) is 2.34. The van der Waals surface area contributed by atoms with Crippen LogP contribution in [0.25, 0.3) is 0 Å². The fourth-order valence-corrected chi connectivity index (χ4v) is 2.02. The summed E-state index contributed by atoms with van der Waals surface area (Å²) < 4.78 is 10.1. The molecule has 8 heteroatoms. The van der Waals surface area contributed by atoms with E-state index < -0.39 is 10.7 Å². The molecule has 0 spiro atoms. The Balaban J connectivity index is 2.14. The summed E-state index contributed by atoms with van der Waals surface area (Å²) in [4.78, 5) is 21.7. The summed E-state index contributed by atoms with van der Waals surface area (Å²) in [6.07, 6.45) is 1.36. The Morgan fingerprint density at radius 3 is 2.50 bits per heavy atom. The van der Waals surface area contributed by atoms with Gasteiger partial charge in [0.25, 0.3) is 5.69 Å². The molecule has 0 aliphatic rings. The van der Waals surface area contributed by atoms with E-state index in [0.29, 0.717) is 0 Å². The first kappa shape index (κ1) is 14.4. The van der Waals surface area contributed by atoms with Crippen LogP contribution in [0.15, 0.2) is 34.9 Å². The first-order valence-electron chi connectivity index (χ1n) is 5.32. The molecular formula is C12H7Cl2NO5. The first-order chi connectivity index (χ1) is 9.49. The van der Waals surface area contributed by atoms with Gasteiger partial charge in [-0.25, -0.2) is 0 Å². The molecule has 0 amide bonds. The molecule has 1 aromatic carbocycles. The van der Waals surface area contributed by atoms with Crippen LogP contribution in [-0.2, 0) is 0 Å². The molecule has 1 aromatic heterocycles. The van der Waals surface area contributed by atoms with Gasteiger partial charge in [-0.3, -0.25) is 14.9 Å². The van der Waals surface area contributed by atoms with E-state index in [0.717, 1.165) is 12.1 Å². The van der Waals surface area contributed by atoms with E-state index in [-0.39, 0.29) is 33.8 Å². The monoisotopic (exact) mass is 315 g/mol. The molecule has 0 aliphatic heterocycles. The lowest BCUT2D eigenvalue weighted by molar-refractivity contribution is -0.384. The van der Waals surface area contributed by atoms with Gasteiger partial charge in [-0.2, -0.15) is 0 Å². The highest BCUT2D eigenvalue weighted by atomic mass is 35.5. The lowest BCUT2D eigenvalue weighted by atomic mass is 10.3. The van der Waals surface area contributed by atoms with Gasteiger partial charge >= 0.3 is 0 Å². The van der Waals surface area contributed by atoms with Crippen LogP contribution in [0.2, 0.25) is 10.0 Å². The molecule has 0 aliphatic carbocycles. The number of Topliss-reactive ketones (excluding diaryl/α,β-unsaturated/α-hetero) is 1. The molecule has 1 heterocycles. The Hall–Kier alpha value is -2.05. The number of non-ortho nitro benzene ring substituents is 1. The second kappa shape index (κ2) is 5.94. The van der Waals surface area contributed by atoms with Crippen LogP contribution in [0.4, 0.5) is 5.69 Å². The summed E-state index contributed by atoms with van der Waals surface area (Å²) in [6, 6.07) is 5.25. The zero-order chi connectivity index (χ0) is 14.7. The van der Waals surface area contributed by atoms with E-state index in [2.05, 4.69) is 0 Å². The van der Waals surface area contributed by atoms with Gasteiger partial charge in [0.1, 0.15) is 0 Å². The highest BCUT2D eigenvalue weighted by Crippen LogP contribution is 2.36. The quantitative estimate of drug-likeness (QED) is 0.476. The number of furan rings is 1. The molecule has 0 saturated heterocycles. The third kappa shape index (κ3) is 3.09. The molecule has 0 N–H and O–H groups in total. The zero-order valence-electron chi connectivity index (χ0n) is 9.84. The van der Waals surface area contributed by atoms with E-state index in [4.69, 9.17) is 32.4 Å². The van der Waals surface area contributed by atoms with Gasteiger partial charge in [0.2, 0.25) is 5.78 Å². The number of halogens is 2. The smallest absolute Gasteiger partial charge is 0.272 e. The fourth-order valence-electron chi connectivity index (χ4n) is 1.44. The van der Waals surface area contributed by atoms with Crippen molar-refractivity contribution in [1.82, 2.24) is 0 Å². The summed E-state index contributed by atoms with van der Waals surface area (Å²) in [6.45, 7) is -0.342. The second-order valence-corrected chi connectivity index (χ2v) is 4.50. The molecule has 0 radical (unpaired) electrons. The highest BCUT2D eigenvalue weighted by Gasteiger charge is 2.17. The lowest BCUT2D eigenvalue weighted by Crippen LogP contribution is -2.11. The number of nitrogens with zero attached hydrogens (tertiary/aromatic N) is 1. The van der Waals surface area contributed by atoms with Gasteiger partial charge in [-0.15, -0.1) is 0 Å². The molecule has 6 nitrogen and oxygen atoms in total. The number of hydrogen-bond acceptors (Lipinski definition) is 5. The minimum atomic E-state index is -0.629. The Kier molecular flexibility index (Phi) is 4.26. The third-order valence-corrected chi connectivity index (χ3v) is 2.90. The minimum absolute atomic E-state index is 0.0128. The maximum atomic E-state index is 11.7. The van der Waals surface area contributed by atoms with Crippen LogP contribution < -0.4 is 4.74 Å². The largest absolute Gasteiger partial charge is 0.482 e. The Morgan fingerprint density at radius 1 is 1.35 bits per heavy atom. The maximum Gasteiger partial charge on any atom is 0.272 e. The molecule has 0 saturated carbocycles. The number of ether oxygens (including phenoxy) is 1. The van der Waals surface area contributed by atoms with Gasteiger partial charge in [0.15, 0.2) is 18.1 Å². The van der Waals surface area contributed by atoms with Crippen LogP contribution in [0.5, 0.6) is 5.75 Å². The predicted molar refractivity (Wildman–Crippen MR) is 71.6 cm³/mol. The summed E-state index contributed by atoms with van der Waals surface area (Å²) in [7, 11) is 0. The van der Waals surface area contributed by atoms with Crippen LogP contribution in [-0.4, -0.2) is 17.3 Å². The van der Waals surface area contributed by atoms with Crippen molar-refractivity contribution in [2.45, 2.75) is 0 Å².